The van der Waals surface area contributed by atoms with Gasteiger partial charge in [-0.3, -0.25) is 0 Å². The Kier molecular flexibility index (Phi) is 8.53. The highest BCUT2D eigenvalue weighted by Crippen LogP contribution is 2.07. The van der Waals surface area contributed by atoms with Crippen LogP contribution in [-0.4, -0.2) is 24.3 Å². The average Bonchev–Trinajstić information content (AvgIpc) is 2.16. The third kappa shape index (κ3) is 11.0. The summed E-state index contributed by atoms with van der Waals surface area (Å²) < 4.78 is 4.93. The van der Waals surface area contributed by atoms with Crippen LogP contribution in [0.3, 0.4) is 0 Å². The summed E-state index contributed by atoms with van der Waals surface area (Å²) in [6.45, 7) is 6.56. The summed E-state index contributed by atoms with van der Waals surface area (Å²) in [6.07, 6.45) is 7.25. The van der Waals surface area contributed by atoms with Crippen molar-refractivity contribution in [1.82, 2.24) is 0 Å². The molecule has 0 amide bonds. The first kappa shape index (κ1) is 14.9. The SMILES string of the molecule is CC(C)=CCCC(C)=CCCOCC(=O)O. The van der Waals surface area contributed by atoms with E-state index in [2.05, 4.69) is 32.9 Å². The summed E-state index contributed by atoms with van der Waals surface area (Å²) in [5.41, 5.74) is 2.68. The highest BCUT2D eigenvalue weighted by Gasteiger charge is 1.94. The van der Waals surface area contributed by atoms with Crippen LogP contribution < -0.4 is 0 Å². The van der Waals surface area contributed by atoms with Crippen molar-refractivity contribution in [1.29, 1.82) is 0 Å². The number of carboxylic acids is 1. The Morgan fingerprint density at radius 2 is 1.88 bits per heavy atom. The molecular formula is C13H22O3. The van der Waals surface area contributed by atoms with Gasteiger partial charge in [0.05, 0.1) is 6.61 Å². The Labute approximate surface area is 97.8 Å². The van der Waals surface area contributed by atoms with Crippen molar-refractivity contribution in [3.05, 3.63) is 23.3 Å². The molecule has 0 radical (unpaired) electrons. The molecule has 92 valence electrons. The molecule has 0 rings (SSSR count). The zero-order valence-electron chi connectivity index (χ0n) is 10.5. The van der Waals surface area contributed by atoms with Crippen LogP contribution >= 0.6 is 0 Å². The summed E-state index contributed by atoms with van der Waals surface area (Å²) >= 11 is 0. The van der Waals surface area contributed by atoms with Gasteiger partial charge in [-0.25, -0.2) is 4.79 Å². The predicted molar refractivity (Wildman–Crippen MR) is 65.5 cm³/mol. The standard InChI is InChI=1S/C13H22O3/c1-11(2)6-4-7-12(3)8-5-9-16-10-13(14)15/h6,8H,4-5,7,9-10H2,1-3H3,(H,14,15). The fourth-order valence-corrected chi connectivity index (χ4v) is 1.24. The molecule has 0 aliphatic carbocycles. The first-order chi connectivity index (χ1) is 7.52. The maximum Gasteiger partial charge on any atom is 0.329 e. The second-order valence-electron chi connectivity index (χ2n) is 4.11. The van der Waals surface area contributed by atoms with Crippen LogP contribution in [0.1, 0.15) is 40.0 Å². The monoisotopic (exact) mass is 226 g/mol. The van der Waals surface area contributed by atoms with E-state index in [1.165, 1.54) is 11.1 Å². The van der Waals surface area contributed by atoms with Crippen molar-refractivity contribution < 1.29 is 14.6 Å². The van der Waals surface area contributed by atoms with E-state index < -0.39 is 5.97 Å². The Hall–Kier alpha value is -1.09. The Balaban J connectivity index is 3.55. The quantitative estimate of drug-likeness (QED) is 0.511. The smallest absolute Gasteiger partial charge is 0.329 e. The topological polar surface area (TPSA) is 46.5 Å². The zero-order valence-corrected chi connectivity index (χ0v) is 10.5. The van der Waals surface area contributed by atoms with E-state index in [1.54, 1.807) is 0 Å². The van der Waals surface area contributed by atoms with Crippen LogP contribution in [0.4, 0.5) is 0 Å². The van der Waals surface area contributed by atoms with Crippen molar-refractivity contribution in [2.75, 3.05) is 13.2 Å². The molecule has 3 heteroatoms. The predicted octanol–water partition coefficient (Wildman–Crippen LogP) is 3.17. The first-order valence-corrected chi connectivity index (χ1v) is 5.61. The molecule has 0 saturated carbocycles. The number of hydrogen-bond donors (Lipinski definition) is 1. The summed E-state index contributed by atoms with van der Waals surface area (Å²) in [7, 11) is 0. The number of carbonyl (C=O) groups is 1. The van der Waals surface area contributed by atoms with Crippen molar-refractivity contribution >= 4 is 5.97 Å². The van der Waals surface area contributed by atoms with Gasteiger partial charge in [-0.15, -0.1) is 0 Å². The van der Waals surface area contributed by atoms with Gasteiger partial charge in [-0.05, 0) is 40.0 Å². The second-order valence-corrected chi connectivity index (χ2v) is 4.11. The van der Waals surface area contributed by atoms with Crippen LogP contribution in [0.5, 0.6) is 0 Å². The fourth-order valence-electron chi connectivity index (χ4n) is 1.24. The normalized spacial score (nSPS) is 11.3. The minimum atomic E-state index is -0.913. The van der Waals surface area contributed by atoms with Crippen LogP contribution in [0.25, 0.3) is 0 Å². The molecule has 0 aliphatic heterocycles. The average molecular weight is 226 g/mol. The van der Waals surface area contributed by atoms with Crippen molar-refractivity contribution in [3.63, 3.8) is 0 Å². The van der Waals surface area contributed by atoms with E-state index in [0.29, 0.717) is 6.61 Å². The lowest BCUT2D eigenvalue weighted by Crippen LogP contribution is -2.07. The number of allylic oxidation sites excluding steroid dienone is 3. The van der Waals surface area contributed by atoms with Crippen LogP contribution in [0, 0.1) is 0 Å². The number of hydrogen-bond acceptors (Lipinski definition) is 2. The molecule has 0 aromatic rings. The molecule has 1 N–H and O–H groups in total. The molecule has 0 aliphatic rings. The highest BCUT2D eigenvalue weighted by molar-refractivity contribution is 5.67. The van der Waals surface area contributed by atoms with E-state index in [0.717, 1.165) is 19.3 Å². The molecule has 0 bridgehead atoms. The van der Waals surface area contributed by atoms with Crippen molar-refractivity contribution in [3.8, 4) is 0 Å². The molecule has 0 unspecified atom stereocenters. The third-order valence-electron chi connectivity index (χ3n) is 2.07. The molecule has 3 nitrogen and oxygen atoms in total. The van der Waals surface area contributed by atoms with E-state index in [9.17, 15) is 4.79 Å². The lowest BCUT2D eigenvalue weighted by atomic mass is 10.1. The summed E-state index contributed by atoms with van der Waals surface area (Å²) in [4.78, 5) is 10.2. The minimum Gasteiger partial charge on any atom is -0.480 e. The van der Waals surface area contributed by atoms with Crippen molar-refractivity contribution in [2.24, 2.45) is 0 Å². The van der Waals surface area contributed by atoms with Gasteiger partial charge >= 0.3 is 5.97 Å². The molecule has 0 fully saturated rings. The maximum atomic E-state index is 10.2. The van der Waals surface area contributed by atoms with Crippen LogP contribution in [0.2, 0.25) is 0 Å². The molecule has 0 aromatic heterocycles. The molecule has 0 saturated heterocycles. The molecule has 0 heterocycles. The Bertz CT molecular complexity index is 260. The lowest BCUT2D eigenvalue weighted by molar-refractivity contribution is -0.142. The zero-order chi connectivity index (χ0) is 12.4. The van der Waals surface area contributed by atoms with E-state index in [1.807, 2.05) is 0 Å². The van der Waals surface area contributed by atoms with Gasteiger partial charge in [0.1, 0.15) is 6.61 Å². The maximum absolute atomic E-state index is 10.2. The number of carboxylic acid groups (broad SMARTS) is 1. The van der Waals surface area contributed by atoms with Gasteiger partial charge in [-0.1, -0.05) is 23.3 Å². The van der Waals surface area contributed by atoms with E-state index in [4.69, 9.17) is 9.84 Å². The summed E-state index contributed by atoms with van der Waals surface area (Å²) in [5.74, 6) is -0.913. The summed E-state index contributed by atoms with van der Waals surface area (Å²) in [6, 6.07) is 0. The van der Waals surface area contributed by atoms with Crippen LogP contribution in [-0.2, 0) is 9.53 Å². The minimum absolute atomic E-state index is 0.204. The highest BCUT2D eigenvalue weighted by atomic mass is 16.5. The fraction of sp³-hybridized carbons (Fsp3) is 0.615. The Morgan fingerprint density at radius 1 is 1.19 bits per heavy atom. The third-order valence-corrected chi connectivity index (χ3v) is 2.07. The largest absolute Gasteiger partial charge is 0.480 e. The Morgan fingerprint density at radius 3 is 2.44 bits per heavy atom. The lowest BCUT2D eigenvalue weighted by Gasteiger charge is -2.00. The van der Waals surface area contributed by atoms with Gasteiger partial charge in [0.2, 0.25) is 0 Å². The van der Waals surface area contributed by atoms with Gasteiger partial charge in [0.15, 0.2) is 0 Å². The molecule has 0 aromatic carbocycles. The summed E-state index contributed by atoms with van der Waals surface area (Å²) in [5, 5.41) is 8.34. The molecule has 0 atom stereocenters. The molecular weight excluding hydrogens is 204 g/mol. The van der Waals surface area contributed by atoms with E-state index >= 15 is 0 Å². The number of ether oxygens (including phenoxy) is 1. The molecule has 0 spiro atoms. The van der Waals surface area contributed by atoms with E-state index in [-0.39, 0.29) is 6.61 Å². The van der Waals surface area contributed by atoms with Crippen molar-refractivity contribution in [2.45, 2.75) is 40.0 Å². The van der Waals surface area contributed by atoms with Gasteiger partial charge in [0.25, 0.3) is 0 Å². The van der Waals surface area contributed by atoms with Gasteiger partial charge < -0.3 is 9.84 Å². The second kappa shape index (κ2) is 9.16. The number of aliphatic carboxylic acids is 1. The number of rotatable bonds is 8. The molecule has 16 heavy (non-hydrogen) atoms. The van der Waals surface area contributed by atoms with Crippen LogP contribution in [0.15, 0.2) is 23.3 Å². The van der Waals surface area contributed by atoms with Gasteiger partial charge in [0, 0.05) is 0 Å². The van der Waals surface area contributed by atoms with Gasteiger partial charge in [-0.2, -0.15) is 0 Å². The first-order valence-electron chi connectivity index (χ1n) is 5.61.